The first-order valence-corrected chi connectivity index (χ1v) is 16.4. The van der Waals surface area contributed by atoms with Crippen LogP contribution in [0.25, 0.3) is 11.1 Å². The third-order valence-corrected chi connectivity index (χ3v) is 8.99. The summed E-state index contributed by atoms with van der Waals surface area (Å²) in [6, 6.07) is 30.7. The van der Waals surface area contributed by atoms with Gasteiger partial charge in [-0.15, -0.1) is 0 Å². The Kier molecular flexibility index (Phi) is 10.2. The molecule has 5 aromatic rings. The van der Waals surface area contributed by atoms with Crippen LogP contribution in [0.5, 0.6) is 0 Å². The molecule has 3 heterocycles. The molecule has 254 valence electrons. The lowest BCUT2D eigenvalue weighted by Gasteiger charge is -2.51. The van der Waals surface area contributed by atoms with E-state index in [0.29, 0.717) is 25.2 Å². The summed E-state index contributed by atoms with van der Waals surface area (Å²) in [5, 5.41) is 4.69. The zero-order valence-corrected chi connectivity index (χ0v) is 26.8. The molecule has 0 N–H and O–H groups in total. The van der Waals surface area contributed by atoms with Gasteiger partial charge in [-0.3, -0.25) is 4.68 Å². The second-order valence-corrected chi connectivity index (χ2v) is 12.4. The SMILES string of the molecule is Fc1cc(-c2cnn([C@H]3[C@@H](OCc4ccccc4)[C@@H](COCc4ccccc4)O[C@@]4(CCCO4)[C@@H]3OCc3ccccc3)c2)cc(F)c1F. The molecule has 0 radical (unpaired) electrons. The molecule has 1 spiro atoms. The summed E-state index contributed by atoms with van der Waals surface area (Å²) in [5.41, 5.74) is 3.48. The quantitative estimate of drug-likeness (QED) is 0.126. The smallest absolute Gasteiger partial charge is 0.197 e. The van der Waals surface area contributed by atoms with Crippen molar-refractivity contribution in [2.75, 3.05) is 13.2 Å². The van der Waals surface area contributed by atoms with Gasteiger partial charge in [0.05, 0.1) is 39.2 Å². The highest BCUT2D eigenvalue weighted by Crippen LogP contribution is 2.46. The molecule has 2 aliphatic heterocycles. The van der Waals surface area contributed by atoms with E-state index in [0.717, 1.165) is 35.2 Å². The number of aromatic nitrogens is 2. The summed E-state index contributed by atoms with van der Waals surface area (Å²) in [7, 11) is 0. The van der Waals surface area contributed by atoms with E-state index >= 15 is 0 Å². The molecule has 0 saturated carbocycles. The average Bonchev–Trinajstić information content (AvgIpc) is 3.81. The Bertz CT molecular complexity index is 1780. The number of hydrogen-bond donors (Lipinski definition) is 0. The molecule has 0 aliphatic carbocycles. The van der Waals surface area contributed by atoms with Crippen molar-refractivity contribution in [3.63, 3.8) is 0 Å². The van der Waals surface area contributed by atoms with Gasteiger partial charge in [-0.2, -0.15) is 5.10 Å². The van der Waals surface area contributed by atoms with Crippen molar-refractivity contribution in [3.05, 3.63) is 150 Å². The van der Waals surface area contributed by atoms with E-state index in [1.54, 1.807) is 10.9 Å². The lowest BCUT2D eigenvalue weighted by molar-refractivity contribution is -0.354. The fraction of sp³-hybridized carbons (Fsp3) is 0.308. The minimum Gasteiger partial charge on any atom is -0.374 e. The predicted molar refractivity (Wildman–Crippen MR) is 175 cm³/mol. The summed E-state index contributed by atoms with van der Waals surface area (Å²) in [6.07, 6.45) is 2.49. The third-order valence-electron chi connectivity index (χ3n) is 8.99. The Morgan fingerprint density at radius 3 is 1.94 bits per heavy atom. The topological polar surface area (TPSA) is 64.0 Å². The molecule has 7 nitrogen and oxygen atoms in total. The summed E-state index contributed by atoms with van der Waals surface area (Å²) in [5.74, 6) is -5.23. The van der Waals surface area contributed by atoms with Gasteiger partial charge in [0.2, 0.25) is 0 Å². The number of hydrogen-bond acceptors (Lipinski definition) is 6. The third kappa shape index (κ3) is 7.49. The van der Waals surface area contributed by atoms with E-state index in [-0.39, 0.29) is 25.4 Å². The highest BCUT2D eigenvalue weighted by molar-refractivity contribution is 5.62. The normalized spacial score (nSPS) is 23.7. The van der Waals surface area contributed by atoms with Crippen LogP contribution in [-0.4, -0.2) is 47.1 Å². The molecular formula is C39H37F3N2O5. The van der Waals surface area contributed by atoms with Crippen LogP contribution in [0.1, 0.15) is 35.6 Å². The van der Waals surface area contributed by atoms with Gasteiger partial charge in [-0.1, -0.05) is 91.0 Å². The van der Waals surface area contributed by atoms with Crippen molar-refractivity contribution in [2.45, 2.75) is 62.8 Å². The summed E-state index contributed by atoms with van der Waals surface area (Å²) < 4.78 is 77.2. The molecule has 49 heavy (non-hydrogen) atoms. The Balaban J connectivity index is 1.28. The van der Waals surface area contributed by atoms with Crippen molar-refractivity contribution in [2.24, 2.45) is 0 Å². The fourth-order valence-electron chi connectivity index (χ4n) is 6.61. The molecule has 7 rings (SSSR count). The maximum absolute atomic E-state index is 14.3. The fourth-order valence-corrected chi connectivity index (χ4v) is 6.61. The van der Waals surface area contributed by atoms with Gasteiger partial charge in [0.15, 0.2) is 23.2 Å². The van der Waals surface area contributed by atoms with Gasteiger partial charge in [0.25, 0.3) is 0 Å². The molecule has 0 amide bonds. The van der Waals surface area contributed by atoms with E-state index in [2.05, 4.69) is 0 Å². The first-order chi connectivity index (χ1) is 24.0. The Morgan fingerprint density at radius 2 is 1.35 bits per heavy atom. The largest absolute Gasteiger partial charge is 0.374 e. The number of rotatable bonds is 12. The maximum Gasteiger partial charge on any atom is 0.197 e. The molecule has 0 bridgehead atoms. The lowest BCUT2D eigenvalue weighted by Crippen LogP contribution is -2.64. The maximum atomic E-state index is 14.3. The highest BCUT2D eigenvalue weighted by Gasteiger charge is 2.59. The average molecular weight is 671 g/mol. The van der Waals surface area contributed by atoms with Crippen molar-refractivity contribution >= 4 is 0 Å². The van der Waals surface area contributed by atoms with E-state index in [9.17, 15) is 13.2 Å². The minimum atomic E-state index is -1.53. The van der Waals surface area contributed by atoms with Gasteiger partial charge in [-0.05, 0) is 40.8 Å². The van der Waals surface area contributed by atoms with Crippen LogP contribution in [0, 0.1) is 17.5 Å². The minimum absolute atomic E-state index is 0.146. The Hall–Kier alpha value is -4.32. The molecular weight excluding hydrogens is 633 g/mol. The summed E-state index contributed by atoms with van der Waals surface area (Å²) >= 11 is 0. The number of halogens is 3. The van der Waals surface area contributed by atoms with E-state index in [1.165, 1.54) is 6.20 Å². The molecule has 10 heteroatoms. The first kappa shape index (κ1) is 33.2. The summed E-state index contributed by atoms with van der Waals surface area (Å²) in [6.45, 7) is 1.56. The zero-order valence-electron chi connectivity index (χ0n) is 26.8. The van der Waals surface area contributed by atoms with Gasteiger partial charge in [0.1, 0.15) is 24.4 Å². The second-order valence-electron chi connectivity index (χ2n) is 12.4. The van der Waals surface area contributed by atoms with Crippen LogP contribution in [0.2, 0.25) is 0 Å². The van der Waals surface area contributed by atoms with Crippen LogP contribution < -0.4 is 0 Å². The van der Waals surface area contributed by atoms with E-state index in [4.69, 9.17) is 28.8 Å². The van der Waals surface area contributed by atoms with Crippen molar-refractivity contribution < 1.29 is 36.9 Å². The predicted octanol–water partition coefficient (Wildman–Crippen LogP) is 7.80. The van der Waals surface area contributed by atoms with Crippen molar-refractivity contribution in [3.8, 4) is 11.1 Å². The van der Waals surface area contributed by atoms with E-state index < -0.39 is 47.6 Å². The Morgan fingerprint density at radius 1 is 0.755 bits per heavy atom. The molecule has 0 unspecified atom stereocenters. The number of ether oxygens (including phenoxy) is 5. The lowest BCUT2D eigenvalue weighted by atomic mass is 9.88. The molecule has 4 aromatic carbocycles. The van der Waals surface area contributed by atoms with Crippen molar-refractivity contribution in [1.29, 1.82) is 0 Å². The van der Waals surface area contributed by atoms with Crippen LogP contribution in [0.15, 0.2) is 116 Å². The Labute approximate surface area is 283 Å². The zero-order chi connectivity index (χ0) is 33.6. The van der Waals surface area contributed by atoms with Gasteiger partial charge < -0.3 is 23.7 Å². The molecule has 2 aliphatic rings. The first-order valence-electron chi connectivity index (χ1n) is 16.4. The molecule has 2 saturated heterocycles. The number of nitrogens with zero attached hydrogens (tertiary/aromatic N) is 2. The highest BCUT2D eigenvalue weighted by atomic mass is 19.2. The van der Waals surface area contributed by atoms with E-state index in [1.807, 2.05) is 91.0 Å². The molecule has 5 atom stereocenters. The van der Waals surface area contributed by atoms with Crippen LogP contribution in [0.3, 0.4) is 0 Å². The number of benzene rings is 4. The van der Waals surface area contributed by atoms with Crippen LogP contribution in [0.4, 0.5) is 13.2 Å². The van der Waals surface area contributed by atoms with Crippen LogP contribution in [-0.2, 0) is 43.5 Å². The van der Waals surface area contributed by atoms with Crippen molar-refractivity contribution in [1.82, 2.24) is 9.78 Å². The van der Waals surface area contributed by atoms with Crippen LogP contribution >= 0.6 is 0 Å². The van der Waals surface area contributed by atoms with Gasteiger partial charge in [-0.25, -0.2) is 13.2 Å². The summed E-state index contributed by atoms with van der Waals surface area (Å²) in [4.78, 5) is 0. The second kappa shape index (κ2) is 15.1. The molecule has 1 aromatic heterocycles. The molecule has 2 fully saturated rings. The standard InChI is InChI=1S/C39H37F3N2O5/c40-32-19-30(20-33(41)35(32)42)31-21-43-44(22-31)36-37(46-24-28-13-6-2-7-14-28)34(26-45-23-27-11-4-1-5-12-27)49-39(17-10-18-48-39)38(36)47-25-29-15-8-3-9-16-29/h1-9,11-16,19-22,34,36-38H,10,17-18,23-26H2/t34-,36+,37+,38-,39+/m1/s1. The van der Waals surface area contributed by atoms with Gasteiger partial charge in [0, 0.05) is 18.2 Å². The monoisotopic (exact) mass is 670 g/mol. The van der Waals surface area contributed by atoms with Gasteiger partial charge >= 0.3 is 0 Å².